The molecule has 1 aromatic rings. The van der Waals surface area contributed by atoms with Crippen molar-refractivity contribution >= 4 is 0 Å². The maximum absolute atomic E-state index is 5.53. The SMILES string of the molecule is COc1cccc(CN(C)CCOC(C)C)c1. The van der Waals surface area contributed by atoms with Crippen LogP contribution in [0.15, 0.2) is 24.3 Å². The van der Waals surface area contributed by atoms with E-state index in [1.165, 1.54) is 5.56 Å². The van der Waals surface area contributed by atoms with Gasteiger partial charge in [-0.2, -0.15) is 0 Å². The standard InChI is InChI=1S/C14H23NO2/c1-12(2)17-9-8-15(3)11-13-6-5-7-14(10-13)16-4/h5-7,10,12H,8-9,11H2,1-4H3. The first-order valence-electron chi connectivity index (χ1n) is 6.05. The number of likely N-dealkylation sites (N-methyl/N-ethyl adjacent to an activating group) is 1. The zero-order valence-corrected chi connectivity index (χ0v) is 11.3. The normalized spacial score (nSPS) is 11.2. The number of methoxy groups -OCH3 is 1. The van der Waals surface area contributed by atoms with Gasteiger partial charge >= 0.3 is 0 Å². The Bertz CT molecular complexity index is 326. The van der Waals surface area contributed by atoms with Crippen molar-refractivity contribution in [3.8, 4) is 5.75 Å². The summed E-state index contributed by atoms with van der Waals surface area (Å²) in [6.07, 6.45) is 0.306. The molecule has 96 valence electrons. The van der Waals surface area contributed by atoms with Gasteiger partial charge < -0.3 is 9.47 Å². The van der Waals surface area contributed by atoms with Gasteiger partial charge in [-0.1, -0.05) is 12.1 Å². The van der Waals surface area contributed by atoms with Gasteiger partial charge in [0, 0.05) is 13.1 Å². The molecule has 0 spiro atoms. The Morgan fingerprint density at radius 2 is 2.06 bits per heavy atom. The lowest BCUT2D eigenvalue weighted by atomic mass is 10.2. The second kappa shape index (κ2) is 7.30. The van der Waals surface area contributed by atoms with Crippen molar-refractivity contribution in [1.29, 1.82) is 0 Å². The van der Waals surface area contributed by atoms with Crippen molar-refractivity contribution in [2.24, 2.45) is 0 Å². The van der Waals surface area contributed by atoms with Crippen molar-refractivity contribution in [2.75, 3.05) is 27.3 Å². The summed E-state index contributed by atoms with van der Waals surface area (Å²) in [6, 6.07) is 8.17. The highest BCUT2D eigenvalue weighted by atomic mass is 16.5. The molecule has 0 fully saturated rings. The first kappa shape index (κ1) is 14.0. The van der Waals surface area contributed by atoms with Gasteiger partial charge in [0.2, 0.25) is 0 Å². The zero-order valence-electron chi connectivity index (χ0n) is 11.3. The minimum Gasteiger partial charge on any atom is -0.497 e. The largest absolute Gasteiger partial charge is 0.497 e. The second-order valence-corrected chi connectivity index (χ2v) is 4.51. The van der Waals surface area contributed by atoms with Gasteiger partial charge in [0.1, 0.15) is 5.75 Å². The zero-order chi connectivity index (χ0) is 12.7. The van der Waals surface area contributed by atoms with Crippen LogP contribution in [-0.4, -0.2) is 38.3 Å². The third-order valence-corrected chi connectivity index (χ3v) is 2.51. The Kier molecular flexibility index (Phi) is 6.01. The summed E-state index contributed by atoms with van der Waals surface area (Å²) in [4.78, 5) is 2.25. The predicted molar refractivity (Wildman–Crippen MR) is 70.4 cm³/mol. The summed E-state index contributed by atoms with van der Waals surface area (Å²) in [7, 11) is 3.79. The Morgan fingerprint density at radius 3 is 2.71 bits per heavy atom. The van der Waals surface area contributed by atoms with Crippen molar-refractivity contribution in [3.63, 3.8) is 0 Å². The third kappa shape index (κ3) is 5.71. The molecule has 1 aromatic carbocycles. The van der Waals surface area contributed by atoms with Crippen LogP contribution in [0.3, 0.4) is 0 Å². The second-order valence-electron chi connectivity index (χ2n) is 4.51. The number of benzene rings is 1. The molecule has 0 aliphatic heterocycles. The summed E-state index contributed by atoms with van der Waals surface area (Å²) in [5.74, 6) is 0.911. The maximum Gasteiger partial charge on any atom is 0.119 e. The van der Waals surface area contributed by atoms with E-state index in [2.05, 4.69) is 37.9 Å². The van der Waals surface area contributed by atoms with Crippen LogP contribution in [0.1, 0.15) is 19.4 Å². The van der Waals surface area contributed by atoms with Crippen LogP contribution in [0.2, 0.25) is 0 Å². The third-order valence-electron chi connectivity index (χ3n) is 2.51. The number of rotatable bonds is 7. The van der Waals surface area contributed by atoms with Crippen LogP contribution in [0.25, 0.3) is 0 Å². The lowest BCUT2D eigenvalue weighted by molar-refractivity contribution is 0.0627. The fraction of sp³-hybridized carbons (Fsp3) is 0.571. The molecule has 0 heterocycles. The molecule has 0 saturated carbocycles. The van der Waals surface area contributed by atoms with E-state index in [9.17, 15) is 0 Å². The van der Waals surface area contributed by atoms with Gasteiger partial charge in [0.25, 0.3) is 0 Å². The average molecular weight is 237 g/mol. The molecule has 17 heavy (non-hydrogen) atoms. The molecule has 1 rings (SSSR count). The van der Waals surface area contributed by atoms with E-state index in [0.717, 1.165) is 25.4 Å². The molecule has 0 aliphatic rings. The van der Waals surface area contributed by atoms with Crippen molar-refractivity contribution in [1.82, 2.24) is 4.90 Å². The van der Waals surface area contributed by atoms with Crippen LogP contribution in [0.5, 0.6) is 5.75 Å². The minimum absolute atomic E-state index is 0.306. The first-order valence-corrected chi connectivity index (χ1v) is 6.05. The Labute approximate surface area is 104 Å². The fourth-order valence-electron chi connectivity index (χ4n) is 1.61. The highest BCUT2D eigenvalue weighted by molar-refractivity contribution is 5.28. The smallest absolute Gasteiger partial charge is 0.119 e. The first-order chi connectivity index (χ1) is 8.11. The van der Waals surface area contributed by atoms with Crippen LogP contribution in [0.4, 0.5) is 0 Å². The number of hydrogen-bond donors (Lipinski definition) is 0. The summed E-state index contributed by atoms with van der Waals surface area (Å²) in [5, 5.41) is 0. The van der Waals surface area contributed by atoms with Crippen LogP contribution < -0.4 is 4.74 Å². The number of nitrogens with zero attached hydrogens (tertiary/aromatic N) is 1. The number of hydrogen-bond acceptors (Lipinski definition) is 3. The van der Waals surface area contributed by atoms with Crippen molar-refractivity contribution < 1.29 is 9.47 Å². The molecule has 0 unspecified atom stereocenters. The minimum atomic E-state index is 0.306. The topological polar surface area (TPSA) is 21.7 Å². The van der Waals surface area contributed by atoms with E-state index in [1.54, 1.807) is 7.11 Å². The lowest BCUT2D eigenvalue weighted by Gasteiger charge is -2.18. The van der Waals surface area contributed by atoms with Gasteiger partial charge in [-0.05, 0) is 38.6 Å². The molecule has 3 heteroatoms. The molecule has 0 atom stereocenters. The molecule has 3 nitrogen and oxygen atoms in total. The molecule has 0 radical (unpaired) electrons. The summed E-state index contributed by atoms with van der Waals surface area (Å²) >= 11 is 0. The Morgan fingerprint density at radius 1 is 1.29 bits per heavy atom. The quantitative estimate of drug-likeness (QED) is 0.727. The monoisotopic (exact) mass is 237 g/mol. The molecule has 0 aliphatic carbocycles. The van der Waals surface area contributed by atoms with Gasteiger partial charge in [-0.15, -0.1) is 0 Å². The molecule has 0 bridgehead atoms. The van der Waals surface area contributed by atoms with E-state index in [1.807, 2.05) is 12.1 Å². The fourth-order valence-corrected chi connectivity index (χ4v) is 1.61. The Balaban J connectivity index is 2.36. The van der Waals surface area contributed by atoms with Gasteiger partial charge in [0.05, 0.1) is 19.8 Å². The molecule has 0 amide bonds. The van der Waals surface area contributed by atoms with Crippen LogP contribution in [0, 0.1) is 0 Å². The summed E-state index contributed by atoms with van der Waals surface area (Å²) in [5.41, 5.74) is 1.26. The summed E-state index contributed by atoms with van der Waals surface area (Å²) in [6.45, 7) is 6.75. The highest BCUT2D eigenvalue weighted by Crippen LogP contribution is 2.13. The van der Waals surface area contributed by atoms with Crippen molar-refractivity contribution in [3.05, 3.63) is 29.8 Å². The lowest BCUT2D eigenvalue weighted by Crippen LogP contribution is -2.24. The van der Waals surface area contributed by atoms with E-state index in [4.69, 9.17) is 9.47 Å². The van der Waals surface area contributed by atoms with E-state index in [-0.39, 0.29) is 0 Å². The summed E-state index contributed by atoms with van der Waals surface area (Å²) < 4.78 is 10.7. The van der Waals surface area contributed by atoms with Crippen molar-refractivity contribution in [2.45, 2.75) is 26.5 Å². The van der Waals surface area contributed by atoms with Gasteiger partial charge in [-0.25, -0.2) is 0 Å². The van der Waals surface area contributed by atoms with Gasteiger partial charge in [0.15, 0.2) is 0 Å². The van der Waals surface area contributed by atoms with E-state index < -0.39 is 0 Å². The molecular formula is C14H23NO2. The highest BCUT2D eigenvalue weighted by Gasteiger charge is 2.02. The molecule has 0 N–H and O–H groups in total. The number of ether oxygens (including phenoxy) is 2. The predicted octanol–water partition coefficient (Wildman–Crippen LogP) is 2.55. The van der Waals surface area contributed by atoms with Gasteiger partial charge in [-0.3, -0.25) is 4.90 Å². The molecular weight excluding hydrogens is 214 g/mol. The van der Waals surface area contributed by atoms with E-state index in [0.29, 0.717) is 6.10 Å². The Hall–Kier alpha value is -1.06. The van der Waals surface area contributed by atoms with Crippen LogP contribution >= 0.6 is 0 Å². The van der Waals surface area contributed by atoms with E-state index >= 15 is 0 Å². The maximum atomic E-state index is 5.53. The molecule has 0 saturated heterocycles. The van der Waals surface area contributed by atoms with Crippen LogP contribution in [-0.2, 0) is 11.3 Å². The average Bonchev–Trinajstić information content (AvgIpc) is 2.28. The molecule has 0 aromatic heterocycles.